The molecule has 150 valence electrons. The lowest BCUT2D eigenvalue weighted by Crippen LogP contribution is -2.51. The monoisotopic (exact) mass is 372 g/mol. The quantitative estimate of drug-likeness (QED) is 0.616. The van der Waals surface area contributed by atoms with Gasteiger partial charge in [-0.1, -0.05) is 26.3 Å². The molecular formula is C24H36O3. The zero-order valence-electron chi connectivity index (χ0n) is 17.6. The minimum absolute atomic E-state index is 0.0796. The maximum atomic E-state index is 12.0. The van der Waals surface area contributed by atoms with Gasteiger partial charge in [0, 0.05) is 19.3 Å². The Labute approximate surface area is 164 Å². The maximum Gasteiger partial charge on any atom is 0.302 e. The van der Waals surface area contributed by atoms with E-state index < -0.39 is 0 Å². The molecule has 4 aliphatic carbocycles. The first-order chi connectivity index (χ1) is 12.8. The van der Waals surface area contributed by atoms with Gasteiger partial charge in [-0.3, -0.25) is 9.59 Å². The number of hydrogen-bond donors (Lipinski definition) is 0. The first kappa shape index (κ1) is 19.2. The van der Waals surface area contributed by atoms with Crippen LogP contribution in [0.4, 0.5) is 0 Å². The van der Waals surface area contributed by atoms with Crippen molar-refractivity contribution in [2.75, 3.05) is 0 Å². The largest absolute Gasteiger partial charge is 0.462 e. The Balaban J connectivity index is 1.60. The van der Waals surface area contributed by atoms with Gasteiger partial charge < -0.3 is 4.74 Å². The summed E-state index contributed by atoms with van der Waals surface area (Å²) < 4.78 is 5.77. The molecule has 0 bridgehead atoms. The molecule has 4 aliphatic rings. The summed E-state index contributed by atoms with van der Waals surface area (Å²) in [5.41, 5.74) is 2.00. The molecule has 3 heteroatoms. The minimum atomic E-state index is -0.130. The zero-order valence-corrected chi connectivity index (χ0v) is 17.6. The Hall–Kier alpha value is -1.12. The predicted octanol–water partition coefficient (Wildman–Crippen LogP) is 5.48. The van der Waals surface area contributed by atoms with E-state index in [-0.39, 0.29) is 17.5 Å². The fraction of sp³-hybridized carbons (Fsp3) is 0.833. The van der Waals surface area contributed by atoms with Gasteiger partial charge in [0.15, 0.2) is 5.78 Å². The molecule has 3 saturated carbocycles. The summed E-state index contributed by atoms with van der Waals surface area (Å²) >= 11 is 0. The molecule has 0 radical (unpaired) electrons. The minimum Gasteiger partial charge on any atom is -0.462 e. The van der Waals surface area contributed by atoms with Crippen LogP contribution in [0.5, 0.6) is 0 Å². The lowest BCUT2D eigenvalue weighted by molar-refractivity contribution is -0.154. The second kappa shape index (κ2) is 6.74. The number of hydrogen-bond acceptors (Lipinski definition) is 3. The first-order valence-corrected chi connectivity index (χ1v) is 11.2. The third-order valence-corrected chi connectivity index (χ3v) is 9.20. The van der Waals surface area contributed by atoms with E-state index in [4.69, 9.17) is 4.74 Å². The molecule has 0 spiro atoms. The molecule has 0 aliphatic heterocycles. The maximum absolute atomic E-state index is 12.0. The molecule has 4 rings (SSSR count). The highest BCUT2D eigenvalue weighted by Gasteiger charge is 2.60. The molecule has 0 saturated heterocycles. The summed E-state index contributed by atoms with van der Waals surface area (Å²) in [7, 11) is 0. The molecule has 0 aromatic rings. The van der Waals surface area contributed by atoms with Gasteiger partial charge in [0.2, 0.25) is 0 Å². The number of carbonyl (C=O) groups is 2. The average molecular weight is 373 g/mol. The van der Waals surface area contributed by atoms with Crippen molar-refractivity contribution in [1.82, 2.24) is 0 Å². The van der Waals surface area contributed by atoms with Crippen LogP contribution >= 0.6 is 0 Å². The number of fused-ring (bicyclic) bond motifs is 5. The summed E-state index contributed by atoms with van der Waals surface area (Å²) in [6, 6.07) is 0. The SMILES string of the molecule is CCC(OC(C)=O)C1CCC2C3CCC4=CC(=O)CCC4(C)C3CCC12C. The van der Waals surface area contributed by atoms with E-state index in [1.54, 1.807) is 6.92 Å². The Bertz CT molecular complexity index is 665. The van der Waals surface area contributed by atoms with Gasteiger partial charge >= 0.3 is 5.97 Å². The number of allylic oxidation sites excluding steroid dienone is 1. The third kappa shape index (κ3) is 2.91. The number of ketones is 1. The lowest BCUT2D eigenvalue weighted by atomic mass is 9.46. The number of esters is 1. The fourth-order valence-corrected chi connectivity index (χ4v) is 7.87. The van der Waals surface area contributed by atoms with Gasteiger partial charge in [-0.2, -0.15) is 0 Å². The molecule has 0 amide bonds. The van der Waals surface area contributed by atoms with E-state index in [2.05, 4.69) is 20.8 Å². The number of rotatable bonds is 3. The van der Waals surface area contributed by atoms with Crippen LogP contribution in [0.3, 0.4) is 0 Å². The van der Waals surface area contributed by atoms with Crippen molar-refractivity contribution in [3.63, 3.8) is 0 Å². The van der Waals surface area contributed by atoms with Crippen LogP contribution in [0, 0.1) is 34.5 Å². The molecule has 27 heavy (non-hydrogen) atoms. The van der Waals surface area contributed by atoms with E-state index in [1.807, 2.05) is 6.08 Å². The summed E-state index contributed by atoms with van der Waals surface area (Å²) in [6.07, 6.45) is 12.2. The molecule has 3 fully saturated rings. The van der Waals surface area contributed by atoms with Gasteiger partial charge in [0.05, 0.1) is 0 Å². The summed E-state index contributed by atoms with van der Waals surface area (Å²) in [5.74, 6) is 2.98. The summed E-state index contributed by atoms with van der Waals surface area (Å²) in [6.45, 7) is 8.66. The van der Waals surface area contributed by atoms with E-state index in [1.165, 1.54) is 37.7 Å². The van der Waals surface area contributed by atoms with E-state index in [0.717, 1.165) is 43.4 Å². The molecule has 0 aromatic carbocycles. The molecule has 0 N–H and O–H groups in total. The Morgan fingerprint density at radius 3 is 2.63 bits per heavy atom. The van der Waals surface area contributed by atoms with Crippen molar-refractivity contribution in [2.24, 2.45) is 34.5 Å². The van der Waals surface area contributed by atoms with Crippen molar-refractivity contribution < 1.29 is 14.3 Å². The lowest BCUT2D eigenvalue weighted by Gasteiger charge is -2.58. The van der Waals surface area contributed by atoms with Gasteiger partial charge in [-0.15, -0.1) is 0 Å². The summed E-state index contributed by atoms with van der Waals surface area (Å²) in [4.78, 5) is 23.6. The predicted molar refractivity (Wildman–Crippen MR) is 106 cm³/mol. The third-order valence-electron chi connectivity index (χ3n) is 9.20. The summed E-state index contributed by atoms with van der Waals surface area (Å²) in [5, 5.41) is 0. The zero-order chi connectivity index (χ0) is 19.4. The van der Waals surface area contributed by atoms with E-state index >= 15 is 0 Å². The Kier molecular flexibility index (Phi) is 4.79. The number of carbonyl (C=O) groups excluding carboxylic acids is 2. The Morgan fingerprint density at radius 2 is 1.93 bits per heavy atom. The van der Waals surface area contributed by atoms with Crippen molar-refractivity contribution in [2.45, 2.75) is 91.6 Å². The van der Waals surface area contributed by atoms with Crippen molar-refractivity contribution in [3.8, 4) is 0 Å². The topological polar surface area (TPSA) is 43.4 Å². The fourth-order valence-electron chi connectivity index (χ4n) is 7.87. The highest BCUT2D eigenvalue weighted by Crippen LogP contribution is 2.67. The van der Waals surface area contributed by atoms with Crippen LogP contribution in [-0.4, -0.2) is 17.9 Å². The first-order valence-electron chi connectivity index (χ1n) is 11.2. The van der Waals surface area contributed by atoms with Crippen LogP contribution in [0.2, 0.25) is 0 Å². The van der Waals surface area contributed by atoms with Crippen molar-refractivity contribution in [1.29, 1.82) is 0 Å². The van der Waals surface area contributed by atoms with Gasteiger partial charge in [-0.05, 0) is 86.0 Å². The van der Waals surface area contributed by atoms with Gasteiger partial charge in [0.1, 0.15) is 6.10 Å². The highest BCUT2D eigenvalue weighted by atomic mass is 16.5. The van der Waals surface area contributed by atoms with Gasteiger partial charge in [-0.25, -0.2) is 0 Å². The van der Waals surface area contributed by atoms with Crippen molar-refractivity contribution in [3.05, 3.63) is 11.6 Å². The second-order valence-electron chi connectivity index (χ2n) is 10.3. The van der Waals surface area contributed by atoms with Gasteiger partial charge in [0.25, 0.3) is 0 Å². The van der Waals surface area contributed by atoms with E-state index in [9.17, 15) is 9.59 Å². The van der Waals surface area contributed by atoms with Crippen LogP contribution in [0.25, 0.3) is 0 Å². The molecule has 7 unspecified atom stereocenters. The molecular weight excluding hydrogens is 336 g/mol. The van der Waals surface area contributed by atoms with Crippen LogP contribution < -0.4 is 0 Å². The van der Waals surface area contributed by atoms with Crippen LogP contribution in [0.1, 0.15) is 85.5 Å². The molecule has 7 atom stereocenters. The smallest absolute Gasteiger partial charge is 0.302 e. The molecule has 3 nitrogen and oxygen atoms in total. The molecule has 0 aromatic heterocycles. The normalized spacial score (nSPS) is 44.6. The van der Waals surface area contributed by atoms with E-state index in [0.29, 0.717) is 17.1 Å². The molecule has 0 heterocycles. The highest BCUT2D eigenvalue weighted by molar-refractivity contribution is 5.91. The van der Waals surface area contributed by atoms with Crippen molar-refractivity contribution >= 4 is 11.8 Å². The average Bonchev–Trinajstić information content (AvgIpc) is 2.97. The number of ether oxygens (including phenoxy) is 1. The Morgan fingerprint density at radius 1 is 1.15 bits per heavy atom. The second-order valence-corrected chi connectivity index (χ2v) is 10.3. The standard InChI is InChI=1S/C24H36O3/c1-5-22(27-15(2)25)21-9-8-19-18-7-6-16-14-17(26)10-12-23(16,3)20(18)11-13-24(19,21)4/h14,18-22H,5-13H2,1-4H3. The van der Waals surface area contributed by atoms with Crippen LogP contribution in [-0.2, 0) is 14.3 Å². The van der Waals surface area contributed by atoms with Crippen LogP contribution in [0.15, 0.2) is 11.6 Å².